The molecule has 0 aromatic heterocycles. The molecule has 0 aromatic rings. The van der Waals surface area contributed by atoms with Crippen LogP contribution in [0.5, 0.6) is 0 Å². The van der Waals surface area contributed by atoms with Crippen molar-refractivity contribution in [1.82, 2.24) is 5.32 Å². The van der Waals surface area contributed by atoms with Gasteiger partial charge in [-0.15, -0.1) is 0 Å². The van der Waals surface area contributed by atoms with Gasteiger partial charge in [-0.05, 0) is 5.41 Å². The van der Waals surface area contributed by atoms with Gasteiger partial charge in [-0.2, -0.15) is 0 Å². The summed E-state index contributed by atoms with van der Waals surface area (Å²) in [6.45, 7) is 0. The number of nitrogens with one attached hydrogen (secondary N) is 1. The van der Waals surface area contributed by atoms with Gasteiger partial charge in [0.05, 0.1) is 0 Å². The lowest BCUT2D eigenvalue weighted by molar-refractivity contribution is -0.107. The van der Waals surface area contributed by atoms with Gasteiger partial charge in [-0.3, -0.25) is 4.79 Å². The number of hydrogen-bond acceptors (Lipinski definition) is 3. The van der Waals surface area contributed by atoms with E-state index in [0.29, 0.717) is 0 Å². The summed E-state index contributed by atoms with van der Waals surface area (Å²) >= 11 is 1.17. The molecule has 1 aliphatic rings. The molecule has 3 heteroatoms. The molecular weight excluding hydrogens is 122 g/mol. The fourth-order valence-electron chi connectivity index (χ4n) is 0.351. The largest absolute Gasteiger partial charge is 0.367 e. The molecule has 0 aromatic carbocycles. The summed E-state index contributed by atoms with van der Waals surface area (Å²) in [6.07, 6.45) is 4.82. The van der Waals surface area contributed by atoms with Gasteiger partial charge in [0.2, 0.25) is 5.12 Å². The zero-order valence-corrected chi connectivity index (χ0v) is 4.94. The highest BCUT2D eigenvalue weighted by Crippen LogP contribution is 2.05. The van der Waals surface area contributed by atoms with Gasteiger partial charge in [-0.25, -0.2) is 0 Å². The molecule has 1 N–H and O–H groups in total. The van der Waals surface area contributed by atoms with Crippen LogP contribution in [0.25, 0.3) is 0 Å². The van der Waals surface area contributed by atoms with Gasteiger partial charge < -0.3 is 5.32 Å². The van der Waals surface area contributed by atoms with Crippen LogP contribution < -0.4 is 5.32 Å². The van der Waals surface area contributed by atoms with Crippen LogP contribution in [0.3, 0.4) is 0 Å². The van der Waals surface area contributed by atoms with E-state index in [1.807, 2.05) is 0 Å². The molecule has 2 nitrogen and oxygen atoms in total. The van der Waals surface area contributed by atoms with E-state index in [9.17, 15) is 4.79 Å². The molecule has 1 rings (SSSR count). The monoisotopic (exact) mass is 127 g/mol. The van der Waals surface area contributed by atoms with Gasteiger partial charge in [0.15, 0.2) is 0 Å². The molecule has 0 saturated carbocycles. The first-order valence-electron chi connectivity index (χ1n) is 2.18. The first kappa shape index (κ1) is 5.44. The molecule has 0 aliphatic carbocycles. The van der Waals surface area contributed by atoms with E-state index >= 15 is 0 Å². The molecule has 0 radical (unpaired) electrons. The molecule has 0 unspecified atom stereocenters. The molecule has 0 saturated heterocycles. The molecule has 1 heterocycles. The number of carbonyl (C=O) groups is 1. The highest BCUT2D eigenvalue weighted by atomic mass is 32.2. The van der Waals surface area contributed by atoms with Crippen molar-refractivity contribution in [2.75, 3.05) is 0 Å². The van der Waals surface area contributed by atoms with E-state index in [1.54, 1.807) is 17.8 Å². The second-order valence-corrected chi connectivity index (χ2v) is 2.15. The molecule has 1 aliphatic heterocycles. The third-order valence-electron chi connectivity index (χ3n) is 0.664. The van der Waals surface area contributed by atoms with Crippen molar-refractivity contribution in [3.63, 3.8) is 0 Å². The Morgan fingerprint density at radius 3 is 3.25 bits per heavy atom. The van der Waals surface area contributed by atoms with Gasteiger partial charge in [0, 0.05) is 18.5 Å². The molecule has 0 atom stereocenters. The summed E-state index contributed by atoms with van der Waals surface area (Å²) < 4.78 is 0. The molecule has 0 amide bonds. The molecule has 0 bridgehead atoms. The van der Waals surface area contributed by atoms with E-state index in [-0.39, 0.29) is 5.12 Å². The smallest absolute Gasteiger partial charge is 0.217 e. The van der Waals surface area contributed by atoms with E-state index < -0.39 is 0 Å². The fraction of sp³-hybridized carbons (Fsp3) is 0. The summed E-state index contributed by atoms with van der Waals surface area (Å²) in [6, 6.07) is 0. The fourth-order valence-corrected chi connectivity index (χ4v) is 0.779. The van der Waals surface area contributed by atoms with Crippen LogP contribution >= 0.6 is 11.8 Å². The van der Waals surface area contributed by atoms with E-state index in [1.165, 1.54) is 17.8 Å². The zero-order chi connectivity index (χ0) is 5.82. The van der Waals surface area contributed by atoms with Crippen molar-refractivity contribution in [3.8, 4) is 0 Å². The van der Waals surface area contributed by atoms with Crippen molar-refractivity contribution >= 4 is 16.9 Å². The summed E-state index contributed by atoms with van der Waals surface area (Å²) in [5.41, 5.74) is 0. The van der Waals surface area contributed by atoms with Crippen LogP contribution in [0.15, 0.2) is 23.9 Å². The summed E-state index contributed by atoms with van der Waals surface area (Å²) in [5, 5.41) is 4.55. The number of hydrogen-bond donors (Lipinski definition) is 1. The number of thioether (sulfide) groups is 1. The van der Waals surface area contributed by atoms with E-state index in [2.05, 4.69) is 5.32 Å². The highest BCUT2D eigenvalue weighted by Gasteiger charge is 1.92. The Balaban J connectivity index is 2.61. The Hall–Kier alpha value is -0.700. The van der Waals surface area contributed by atoms with Crippen LogP contribution in [-0.2, 0) is 4.79 Å². The Kier molecular flexibility index (Phi) is 1.75. The molecule has 42 valence electrons. The lowest BCUT2D eigenvalue weighted by atomic mass is 10.7. The van der Waals surface area contributed by atoms with E-state index in [0.717, 1.165) is 0 Å². The van der Waals surface area contributed by atoms with Gasteiger partial charge in [0.1, 0.15) is 0 Å². The second kappa shape index (κ2) is 2.57. The van der Waals surface area contributed by atoms with Crippen LogP contribution in [0, 0.1) is 0 Å². The van der Waals surface area contributed by atoms with Gasteiger partial charge in [-0.1, -0.05) is 11.8 Å². The van der Waals surface area contributed by atoms with Crippen molar-refractivity contribution in [3.05, 3.63) is 23.9 Å². The minimum absolute atomic E-state index is 0.0613. The minimum Gasteiger partial charge on any atom is -0.367 e. The Labute approximate surface area is 51.6 Å². The predicted octanol–water partition coefficient (Wildman–Crippen LogP) is 0.834. The molecule has 8 heavy (non-hydrogen) atoms. The summed E-state index contributed by atoms with van der Waals surface area (Å²) in [5.74, 6) is 0. The maximum absolute atomic E-state index is 10.5. The first-order valence-corrected chi connectivity index (χ1v) is 3.06. The van der Waals surface area contributed by atoms with Crippen molar-refractivity contribution < 1.29 is 4.79 Å². The molecule has 0 fully saturated rings. The standard InChI is InChI=1S/C5H5NOS/c7-5-1-2-6-3-4-8-5/h1-4,6H. The lowest BCUT2D eigenvalue weighted by Gasteiger charge is -1.77. The number of carbonyl (C=O) groups excluding carboxylic acids is 1. The van der Waals surface area contributed by atoms with Crippen LogP contribution in [0.1, 0.15) is 0 Å². The maximum atomic E-state index is 10.5. The SMILES string of the molecule is O=C1C=CNC=CS1. The Morgan fingerprint density at radius 1 is 1.50 bits per heavy atom. The van der Waals surface area contributed by atoms with Crippen molar-refractivity contribution in [2.45, 2.75) is 0 Å². The summed E-state index contributed by atoms with van der Waals surface area (Å²) in [4.78, 5) is 10.5. The van der Waals surface area contributed by atoms with Gasteiger partial charge in [0.25, 0.3) is 0 Å². The van der Waals surface area contributed by atoms with Crippen molar-refractivity contribution in [2.24, 2.45) is 0 Å². The lowest BCUT2D eigenvalue weighted by Crippen LogP contribution is -1.88. The minimum atomic E-state index is 0.0613. The van der Waals surface area contributed by atoms with Crippen molar-refractivity contribution in [1.29, 1.82) is 0 Å². The normalized spacial score (nSPS) is 17.8. The third kappa shape index (κ3) is 1.42. The maximum Gasteiger partial charge on any atom is 0.217 e. The average molecular weight is 127 g/mol. The summed E-state index contributed by atoms with van der Waals surface area (Å²) in [7, 11) is 0. The van der Waals surface area contributed by atoms with Crippen LogP contribution in [-0.4, -0.2) is 5.12 Å². The molecular formula is C5H5NOS. The predicted molar refractivity (Wildman–Crippen MR) is 34.0 cm³/mol. The Bertz CT molecular complexity index is 151. The van der Waals surface area contributed by atoms with Crippen LogP contribution in [0.4, 0.5) is 0 Å². The first-order chi connectivity index (χ1) is 3.89. The van der Waals surface area contributed by atoms with Crippen LogP contribution in [0.2, 0.25) is 0 Å². The Morgan fingerprint density at radius 2 is 2.38 bits per heavy atom. The van der Waals surface area contributed by atoms with E-state index in [4.69, 9.17) is 0 Å². The third-order valence-corrected chi connectivity index (χ3v) is 1.30. The number of rotatable bonds is 0. The molecule has 0 spiro atoms. The second-order valence-electron chi connectivity index (χ2n) is 1.24. The topological polar surface area (TPSA) is 29.1 Å². The quantitative estimate of drug-likeness (QED) is 0.522. The average Bonchev–Trinajstić information content (AvgIpc) is 1.94. The highest BCUT2D eigenvalue weighted by molar-refractivity contribution is 8.16. The van der Waals surface area contributed by atoms with Gasteiger partial charge >= 0.3 is 0 Å². The zero-order valence-electron chi connectivity index (χ0n) is 4.13.